The standard InChI is InChI=1S/C22H20N4O2/c1-2-20(27)26-8-7-16(12-26)19-10-17(9-18-11-24-13-25-21(18)19)14-3-5-15(6-4-14)22(23)28/h2-6,9-11,13,16H,1,7-8,12H2,(H2,23,28). The molecule has 2 amide bonds. The van der Waals surface area contributed by atoms with Crippen molar-refractivity contribution in [1.82, 2.24) is 14.9 Å². The second-order valence-corrected chi connectivity index (χ2v) is 6.94. The maximum atomic E-state index is 12.0. The molecule has 6 heteroatoms. The Morgan fingerprint density at radius 3 is 2.68 bits per heavy atom. The van der Waals surface area contributed by atoms with E-state index in [0.717, 1.165) is 34.0 Å². The number of rotatable bonds is 4. The maximum Gasteiger partial charge on any atom is 0.248 e. The highest BCUT2D eigenvalue weighted by atomic mass is 16.2. The lowest BCUT2D eigenvalue weighted by Gasteiger charge is -2.17. The van der Waals surface area contributed by atoms with Gasteiger partial charge in [0.05, 0.1) is 5.52 Å². The van der Waals surface area contributed by atoms with Crippen molar-refractivity contribution < 1.29 is 9.59 Å². The number of amides is 2. The summed E-state index contributed by atoms with van der Waals surface area (Å²) in [5.74, 6) is -0.289. The fraction of sp³-hybridized carbons (Fsp3) is 0.182. The third kappa shape index (κ3) is 3.24. The number of nitrogens with two attached hydrogens (primary N) is 1. The molecule has 1 aliphatic heterocycles. The number of primary amides is 1. The first-order valence-electron chi connectivity index (χ1n) is 9.12. The van der Waals surface area contributed by atoms with E-state index in [1.165, 1.54) is 6.08 Å². The van der Waals surface area contributed by atoms with Crippen molar-refractivity contribution in [3.63, 3.8) is 0 Å². The molecule has 0 spiro atoms. The summed E-state index contributed by atoms with van der Waals surface area (Å²) >= 11 is 0. The Balaban J connectivity index is 1.77. The van der Waals surface area contributed by atoms with E-state index in [-0.39, 0.29) is 11.8 Å². The van der Waals surface area contributed by atoms with E-state index in [1.807, 2.05) is 23.1 Å². The van der Waals surface area contributed by atoms with Gasteiger partial charge in [0, 0.05) is 36.2 Å². The van der Waals surface area contributed by atoms with Gasteiger partial charge in [-0.15, -0.1) is 0 Å². The topological polar surface area (TPSA) is 89.2 Å². The van der Waals surface area contributed by atoms with E-state index < -0.39 is 5.91 Å². The number of fused-ring (bicyclic) bond motifs is 1. The largest absolute Gasteiger partial charge is 0.366 e. The van der Waals surface area contributed by atoms with Crippen molar-refractivity contribution in [3.05, 3.63) is 72.7 Å². The van der Waals surface area contributed by atoms with Gasteiger partial charge in [0.1, 0.15) is 6.33 Å². The van der Waals surface area contributed by atoms with Crippen LogP contribution in [0, 0.1) is 0 Å². The van der Waals surface area contributed by atoms with Gasteiger partial charge in [0.15, 0.2) is 0 Å². The fourth-order valence-corrected chi connectivity index (χ4v) is 3.78. The summed E-state index contributed by atoms with van der Waals surface area (Å²) in [6, 6.07) is 11.4. The molecule has 1 aliphatic rings. The van der Waals surface area contributed by atoms with Crippen LogP contribution in [0.3, 0.4) is 0 Å². The Bertz CT molecular complexity index is 1080. The minimum atomic E-state index is -0.447. The number of benzene rings is 2. The van der Waals surface area contributed by atoms with E-state index in [9.17, 15) is 9.59 Å². The molecule has 1 atom stereocenters. The summed E-state index contributed by atoms with van der Waals surface area (Å²) in [7, 11) is 0. The van der Waals surface area contributed by atoms with Gasteiger partial charge >= 0.3 is 0 Å². The number of nitrogens with zero attached hydrogens (tertiary/aromatic N) is 3. The molecule has 2 N–H and O–H groups in total. The van der Waals surface area contributed by atoms with Crippen LogP contribution in [-0.2, 0) is 4.79 Å². The van der Waals surface area contributed by atoms with Crippen LogP contribution in [0.1, 0.15) is 28.3 Å². The van der Waals surface area contributed by atoms with Gasteiger partial charge in [-0.25, -0.2) is 9.97 Å². The number of aromatic nitrogens is 2. The van der Waals surface area contributed by atoms with Crippen molar-refractivity contribution in [2.45, 2.75) is 12.3 Å². The Labute approximate surface area is 162 Å². The van der Waals surface area contributed by atoms with Crippen molar-refractivity contribution in [3.8, 4) is 11.1 Å². The predicted molar refractivity (Wildman–Crippen MR) is 108 cm³/mol. The lowest BCUT2D eigenvalue weighted by Crippen LogP contribution is -2.26. The number of likely N-dealkylation sites (tertiary alicyclic amines) is 1. The Kier molecular flexibility index (Phi) is 4.61. The molecule has 3 aromatic rings. The second kappa shape index (κ2) is 7.23. The number of hydrogen-bond acceptors (Lipinski definition) is 4. The van der Waals surface area contributed by atoms with Crippen LogP contribution in [0.5, 0.6) is 0 Å². The Morgan fingerprint density at radius 2 is 1.96 bits per heavy atom. The smallest absolute Gasteiger partial charge is 0.248 e. The van der Waals surface area contributed by atoms with Gasteiger partial charge < -0.3 is 10.6 Å². The molecule has 1 saturated heterocycles. The van der Waals surface area contributed by atoms with Crippen LogP contribution in [-0.4, -0.2) is 39.8 Å². The van der Waals surface area contributed by atoms with E-state index >= 15 is 0 Å². The Hall–Kier alpha value is -3.54. The van der Waals surface area contributed by atoms with Crippen LogP contribution >= 0.6 is 0 Å². The van der Waals surface area contributed by atoms with E-state index in [4.69, 9.17) is 5.73 Å². The van der Waals surface area contributed by atoms with Gasteiger partial charge in [-0.3, -0.25) is 9.59 Å². The molecule has 2 heterocycles. The quantitative estimate of drug-likeness (QED) is 0.713. The normalized spacial score (nSPS) is 16.3. The van der Waals surface area contributed by atoms with Gasteiger partial charge in [0.25, 0.3) is 0 Å². The molecule has 0 aliphatic carbocycles. The molecule has 6 nitrogen and oxygen atoms in total. The molecule has 140 valence electrons. The summed E-state index contributed by atoms with van der Waals surface area (Å²) < 4.78 is 0. The van der Waals surface area contributed by atoms with Crippen molar-refractivity contribution in [2.75, 3.05) is 13.1 Å². The molecule has 28 heavy (non-hydrogen) atoms. The summed E-state index contributed by atoms with van der Waals surface area (Å²) in [6.45, 7) is 4.94. The average molecular weight is 372 g/mol. The van der Waals surface area contributed by atoms with E-state index in [2.05, 4.69) is 22.6 Å². The van der Waals surface area contributed by atoms with Crippen molar-refractivity contribution in [1.29, 1.82) is 0 Å². The lowest BCUT2D eigenvalue weighted by molar-refractivity contribution is -0.125. The number of hydrogen-bond donors (Lipinski definition) is 1. The van der Waals surface area contributed by atoms with Crippen LogP contribution < -0.4 is 5.73 Å². The van der Waals surface area contributed by atoms with Crippen LogP contribution in [0.25, 0.3) is 22.0 Å². The van der Waals surface area contributed by atoms with Gasteiger partial charge in [-0.05, 0) is 53.5 Å². The number of carbonyl (C=O) groups excluding carboxylic acids is 2. The van der Waals surface area contributed by atoms with Crippen molar-refractivity contribution >= 4 is 22.7 Å². The highest BCUT2D eigenvalue weighted by molar-refractivity contribution is 5.94. The summed E-state index contributed by atoms with van der Waals surface area (Å²) in [5.41, 5.74) is 9.82. The molecule has 1 unspecified atom stereocenters. The average Bonchev–Trinajstić information content (AvgIpc) is 3.22. The monoisotopic (exact) mass is 372 g/mol. The zero-order chi connectivity index (χ0) is 19.7. The first-order chi connectivity index (χ1) is 13.6. The molecular weight excluding hydrogens is 352 g/mol. The molecule has 2 aromatic carbocycles. The van der Waals surface area contributed by atoms with Crippen LogP contribution in [0.4, 0.5) is 0 Å². The molecule has 0 bridgehead atoms. The maximum absolute atomic E-state index is 12.0. The number of carbonyl (C=O) groups is 2. The molecule has 1 aromatic heterocycles. The molecule has 0 radical (unpaired) electrons. The zero-order valence-corrected chi connectivity index (χ0v) is 15.3. The third-order valence-electron chi connectivity index (χ3n) is 5.25. The summed E-state index contributed by atoms with van der Waals surface area (Å²) in [4.78, 5) is 33.8. The molecule has 1 fully saturated rings. The first-order valence-corrected chi connectivity index (χ1v) is 9.12. The summed E-state index contributed by atoms with van der Waals surface area (Å²) in [5, 5.41) is 0.947. The molecular formula is C22H20N4O2. The van der Waals surface area contributed by atoms with E-state index in [0.29, 0.717) is 18.7 Å². The molecule has 4 rings (SSSR count). The zero-order valence-electron chi connectivity index (χ0n) is 15.3. The highest BCUT2D eigenvalue weighted by Gasteiger charge is 2.28. The third-order valence-corrected chi connectivity index (χ3v) is 5.25. The van der Waals surface area contributed by atoms with Crippen LogP contribution in [0.2, 0.25) is 0 Å². The fourth-order valence-electron chi connectivity index (χ4n) is 3.78. The van der Waals surface area contributed by atoms with E-state index in [1.54, 1.807) is 24.7 Å². The van der Waals surface area contributed by atoms with Gasteiger partial charge in [-0.2, -0.15) is 0 Å². The van der Waals surface area contributed by atoms with Gasteiger partial charge in [0.2, 0.25) is 11.8 Å². The lowest BCUT2D eigenvalue weighted by atomic mass is 9.91. The minimum Gasteiger partial charge on any atom is -0.366 e. The van der Waals surface area contributed by atoms with Crippen molar-refractivity contribution in [2.24, 2.45) is 5.73 Å². The SMILES string of the molecule is C=CC(=O)N1CCC(c2cc(-c3ccc(C(N)=O)cc3)cc3cncnc23)C1. The van der Waals surface area contributed by atoms with Crippen LogP contribution in [0.15, 0.2) is 61.6 Å². The molecule has 0 saturated carbocycles. The minimum absolute atomic E-state index is 0.0420. The predicted octanol–water partition coefficient (Wildman–Crippen LogP) is 2.90. The first kappa shape index (κ1) is 17.9. The summed E-state index contributed by atoms with van der Waals surface area (Å²) in [6.07, 6.45) is 5.59. The second-order valence-electron chi connectivity index (χ2n) is 6.94. The Morgan fingerprint density at radius 1 is 1.18 bits per heavy atom. The highest BCUT2D eigenvalue weighted by Crippen LogP contribution is 2.35. The van der Waals surface area contributed by atoms with Gasteiger partial charge in [-0.1, -0.05) is 18.7 Å².